The Hall–Kier alpha value is -2.75. The first-order chi connectivity index (χ1) is 10.3. The summed E-state index contributed by atoms with van der Waals surface area (Å²) in [6.07, 6.45) is 0.804. The Kier molecular flexibility index (Phi) is 3.36. The molecule has 21 heavy (non-hydrogen) atoms. The number of methoxy groups -OCH3 is 2. The van der Waals surface area contributed by atoms with Crippen LogP contribution in [0.1, 0.15) is 10.4 Å². The van der Waals surface area contributed by atoms with Crippen molar-refractivity contribution < 1.29 is 18.7 Å². The normalized spacial score (nSPS) is 10.6. The molecule has 0 spiro atoms. The summed E-state index contributed by atoms with van der Waals surface area (Å²) in [4.78, 5) is 11.2. The first kappa shape index (κ1) is 13.2. The van der Waals surface area contributed by atoms with Crippen LogP contribution in [0.3, 0.4) is 0 Å². The molecule has 3 rings (SSSR count). The highest BCUT2D eigenvalue weighted by molar-refractivity contribution is 6.03. The van der Waals surface area contributed by atoms with Crippen LogP contribution in [0.25, 0.3) is 22.3 Å². The van der Waals surface area contributed by atoms with Crippen LogP contribution in [0.2, 0.25) is 0 Å². The van der Waals surface area contributed by atoms with Crippen molar-refractivity contribution in [3.63, 3.8) is 0 Å². The van der Waals surface area contributed by atoms with Gasteiger partial charge in [0, 0.05) is 11.1 Å². The van der Waals surface area contributed by atoms with E-state index in [2.05, 4.69) is 0 Å². The maximum Gasteiger partial charge on any atom is 0.177 e. The number of carbonyl (C=O) groups excluding carboxylic acids is 1. The third-order valence-corrected chi connectivity index (χ3v) is 3.39. The van der Waals surface area contributed by atoms with Crippen molar-refractivity contribution in [2.45, 2.75) is 0 Å². The van der Waals surface area contributed by atoms with Gasteiger partial charge in [0.2, 0.25) is 0 Å². The molecular formula is C17H14O4. The van der Waals surface area contributed by atoms with Crippen molar-refractivity contribution >= 4 is 17.3 Å². The highest BCUT2D eigenvalue weighted by Crippen LogP contribution is 2.41. The largest absolute Gasteiger partial charge is 0.497 e. The van der Waals surface area contributed by atoms with Crippen molar-refractivity contribution in [1.82, 2.24) is 0 Å². The van der Waals surface area contributed by atoms with Crippen LogP contribution in [0.4, 0.5) is 0 Å². The van der Waals surface area contributed by atoms with Crippen molar-refractivity contribution in [2.75, 3.05) is 14.2 Å². The summed E-state index contributed by atoms with van der Waals surface area (Å²) in [5.74, 6) is 1.93. The lowest BCUT2D eigenvalue weighted by Crippen LogP contribution is -1.87. The molecule has 0 aliphatic rings. The van der Waals surface area contributed by atoms with E-state index in [0.29, 0.717) is 28.0 Å². The number of rotatable bonds is 4. The van der Waals surface area contributed by atoms with E-state index in [1.54, 1.807) is 26.4 Å². The van der Waals surface area contributed by atoms with Gasteiger partial charge in [0.05, 0.1) is 19.6 Å². The maximum absolute atomic E-state index is 11.2. The lowest BCUT2D eigenvalue weighted by atomic mass is 10.1. The number of ether oxygens (including phenoxy) is 2. The Balaban J connectivity index is 2.24. The van der Waals surface area contributed by atoms with Gasteiger partial charge in [-0.05, 0) is 30.3 Å². The van der Waals surface area contributed by atoms with Gasteiger partial charge in [0.1, 0.15) is 11.3 Å². The summed E-state index contributed by atoms with van der Waals surface area (Å²) in [6, 6.07) is 12.8. The van der Waals surface area contributed by atoms with E-state index in [1.165, 1.54) is 0 Å². The van der Waals surface area contributed by atoms with Crippen LogP contribution < -0.4 is 9.47 Å². The monoisotopic (exact) mass is 282 g/mol. The number of carbonyl (C=O) groups is 1. The first-order valence-corrected chi connectivity index (χ1v) is 6.47. The third-order valence-electron chi connectivity index (χ3n) is 3.39. The number of benzene rings is 2. The number of hydrogen-bond acceptors (Lipinski definition) is 4. The number of aldehydes is 1. The summed E-state index contributed by atoms with van der Waals surface area (Å²) >= 11 is 0. The standard InChI is InChI=1S/C17H14O4/c1-19-13-8-6-11(7-9-13)16-17(20-2)15-12(10-18)4-3-5-14(15)21-16/h3-10H,1-2H3. The van der Waals surface area contributed by atoms with E-state index in [4.69, 9.17) is 13.9 Å². The summed E-state index contributed by atoms with van der Waals surface area (Å²) in [5.41, 5.74) is 2.04. The van der Waals surface area contributed by atoms with Crippen molar-refractivity contribution in [1.29, 1.82) is 0 Å². The summed E-state index contributed by atoms with van der Waals surface area (Å²) in [6.45, 7) is 0. The SMILES string of the molecule is COc1ccc(-c2oc3cccc(C=O)c3c2OC)cc1. The van der Waals surface area contributed by atoms with E-state index in [0.717, 1.165) is 17.6 Å². The topological polar surface area (TPSA) is 48.7 Å². The Morgan fingerprint density at radius 2 is 1.76 bits per heavy atom. The Morgan fingerprint density at radius 3 is 2.38 bits per heavy atom. The van der Waals surface area contributed by atoms with Gasteiger partial charge in [-0.3, -0.25) is 4.79 Å². The van der Waals surface area contributed by atoms with Crippen molar-refractivity contribution in [3.05, 3.63) is 48.0 Å². The molecule has 0 N–H and O–H groups in total. The first-order valence-electron chi connectivity index (χ1n) is 6.47. The lowest BCUT2D eigenvalue weighted by Gasteiger charge is -2.04. The predicted octanol–water partition coefficient (Wildman–Crippen LogP) is 3.93. The fourth-order valence-electron chi connectivity index (χ4n) is 2.37. The molecule has 1 heterocycles. The molecule has 4 nitrogen and oxygen atoms in total. The van der Waals surface area contributed by atoms with Crippen LogP contribution in [-0.2, 0) is 0 Å². The van der Waals surface area contributed by atoms with Crippen molar-refractivity contribution in [3.8, 4) is 22.8 Å². The van der Waals surface area contributed by atoms with Gasteiger partial charge in [-0.2, -0.15) is 0 Å². The Labute approximate surface area is 121 Å². The minimum Gasteiger partial charge on any atom is -0.497 e. The van der Waals surface area contributed by atoms with Crippen LogP contribution >= 0.6 is 0 Å². The van der Waals surface area contributed by atoms with Crippen molar-refractivity contribution in [2.24, 2.45) is 0 Å². The minimum atomic E-state index is 0.549. The molecule has 0 saturated carbocycles. The van der Waals surface area contributed by atoms with Gasteiger partial charge >= 0.3 is 0 Å². The van der Waals surface area contributed by atoms with Gasteiger partial charge in [-0.1, -0.05) is 12.1 Å². The molecule has 2 aromatic carbocycles. The molecule has 0 bridgehead atoms. The molecule has 0 atom stereocenters. The van der Waals surface area contributed by atoms with E-state index < -0.39 is 0 Å². The molecule has 0 amide bonds. The Bertz CT molecular complexity index is 784. The molecule has 3 aromatic rings. The number of fused-ring (bicyclic) bond motifs is 1. The van der Waals surface area contributed by atoms with Gasteiger partial charge in [-0.15, -0.1) is 0 Å². The van der Waals surface area contributed by atoms with Crippen LogP contribution in [0.15, 0.2) is 46.9 Å². The van der Waals surface area contributed by atoms with E-state index >= 15 is 0 Å². The second kappa shape index (κ2) is 5.32. The van der Waals surface area contributed by atoms with Crippen LogP contribution in [-0.4, -0.2) is 20.5 Å². The number of hydrogen-bond donors (Lipinski definition) is 0. The molecule has 0 aliphatic heterocycles. The fourth-order valence-corrected chi connectivity index (χ4v) is 2.37. The molecule has 0 unspecified atom stereocenters. The predicted molar refractivity (Wildman–Crippen MR) is 80.1 cm³/mol. The third kappa shape index (κ3) is 2.14. The van der Waals surface area contributed by atoms with E-state index in [-0.39, 0.29) is 0 Å². The second-order valence-electron chi connectivity index (χ2n) is 4.53. The molecule has 0 aliphatic carbocycles. The summed E-state index contributed by atoms with van der Waals surface area (Å²) in [7, 11) is 3.19. The van der Waals surface area contributed by atoms with Crippen LogP contribution in [0.5, 0.6) is 11.5 Å². The molecule has 0 fully saturated rings. The zero-order valence-electron chi connectivity index (χ0n) is 11.8. The molecule has 4 heteroatoms. The highest BCUT2D eigenvalue weighted by Gasteiger charge is 2.19. The van der Waals surface area contributed by atoms with E-state index in [1.807, 2.05) is 30.3 Å². The molecule has 106 valence electrons. The van der Waals surface area contributed by atoms with Crippen LogP contribution in [0, 0.1) is 0 Å². The van der Waals surface area contributed by atoms with Gasteiger partial charge < -0.3 is 13.9 Å². The average Bonchev–Trinajstić information content (AvgIpc) is 2.93. The lowest BCUT2D eigenvalue weighted by molar-refractivity contribution is 0.112. The molecule has 0 saturated heterocycles. The Morgan fingerprint density at radius 1 is 1.00 bits per heavy atom. The second-order valence-corrected chi connectivity index (χ2v) is 4.53. The molecule has 1 aromatic heterocycles. The fraction of sp³-hybridized carbons (Fsp3) is 0.118. The smallest absolute Gasteiger partial charge is 0.177 e. The van der Waals surface area contributed by atoms with Gasteiger partial charge in [0.25, 0.3) is 0 Å². The number of furan rings is 1. The zero-order valence-corrected chi connectivity index (χ0v) is 11.8. The summed E-state index contributed by atoms with van der Waals surface area (Å²) < 4.78 is 16.5. The van der Waals surface area contributed by atoms with E-state index in [9.17, 15) is 4.79 Å². The average molecular weight is 282 g/mol. The van der Waals surface area contributed by atoms with Gasteiger partial charge in [0.15, 0.2) is 17.8 Å². The molecular weight excluding hydrogens is 268 g/mol. The quantitative estimate of drug-likeness (QED) is 0.680. The maximum atomic E-state index is 11.2. The molecule has 0 radical (unpaired) electrons. The van der Waals surface area contributed by atoms with Gasteiger partial charge in [-0.25, -0.2) is 0 Å². The zero-order chi connectivity index (χ0) is 14.8. The minimum absolute atomic E-state index is 0.549. The summed E-state index contributed by atoms with van der Waals surface area (Å²) in [5, 5.41) is 0.695. The highest BCUT2D eigenvalue weighted by atomic mass is 16.5.